The van der Waals surface area contributed by atoms with E-state index in [-0.39, 0.29) is 23.0 Å². The maximum Gasteiger partial charge on any atom is 0.408 e. The Hall–Kier alpha value is -3.06. The topological polar surface area (TPSA) is 73.9 Å². The summed E-state index contributed by atoms with van der Waals surface area (Å²) in [5.41, 5.74) is 1.49. The van der Waals surface area contributed by atoms with Gasteiger partial charge in [-0.1, -0.05) is 75.4 Å². The summed E-state index contributed by atoms with van der Waals surface area (Å²) in [5.74, 6) is 0.404. The summed E-state index contributed by atoms with van der Waals surface area (Å²) in [7, 11) is -1.88. The summed E-state index contributed by atoms with van der Waals surface area (Å²) in [5, 5.41) is 3.09. The standard InChI is InChI=1S/C32H45NO5Si/c1-31(2,3)37-30(35)33-27(21-24-13-10-9-11-14-24)28-22-25(29(34)36-28)16-12-15-23-17-19-26(20-18-23)38-39(7,8)32(4,5)6/h9-15,17-20,25,27-28H,16,21-22H2,1-8H3,(H,33,35)/t25-,27+,28+/m1/s1. The van der Waals surface area contributed by atoms with Crippen LogP contribution in [0.25, 0.3) is 6.08 Å². The number of rotatable bonds is 9. The Morgan fingerprint density at radius 2 is 1.69 bits per heavy atom. The number of amides is 1. The van der Waals surface area contributed by atoms with Crippen molar-refractivity contribution < 1.29 is 23.5 Å². The van der Waals surface area contributed by atoms with Gasteiger partial charge in [-0.05, 0) is 81.4 Å². The van der Waals surface area contributed by atoms with Gasteiger partial charge in [-0.2, -0.15) is 0 Å². The lowest BCUT2D eigenvalue weighted by molar-refractivity contribution is -0.145. The summed E-state index contributed by atoms with van der Waals surface area (Å²) in [6.07, 6.45) is 4.77. The number of benzene rings is 2. The fourth-order valence-corrected chi connectivity index (χ4v) is 5.21. The van der Waals surface area contributed by atoms with Gasteiger partial charge in [-0.25, -0.2) is 4.79 Å². The minimum Gasteiger partial charge on any atom is -0.544 e. The number of cyclic esters (lactones) is 1. The zero-order valence-corrected chi connectivity index (χ0v) is 25.7. The predicted octanol–water partition coefficient (Wildman–Crippen LogP) is 7.54. The van der Waals surface area contributed by atoms with Crippen molar-refractivity contribution in [2.75, 3.05) is 0 Å². The minimum atomic E-state index is -1.88. The highest BCUT2D eigenvalue weighted by Gasteiger charge is 2.40. The lowest BCUT2D eigenvalue weighted by Crippen LogP contribution is -2.46. The van der Waals surface area contributed by atoms with Crippen molar-refractivity contribution in [1.82, 2.24) is 5.32 Å². The van der Waals surface area contributed by atoms with Crippen LogP contribution in [0.15, 0.2) is 60.7 Å². The van der Waals surface area contributed by atoms with Crippen molar-refractivity contribution in [2.24, 2.45) is 5.92 Å². The molecule has 3 rings (SSSR count). The molecule has 1 fully saturated rings. The molecule has 39 heavy (non-hydrogen) atoms. The van der Waals surface area contributed by atoms with E-state index in [4.69, 9.17) is 13.9 Å². The van der Waals surface area contributed by atoms with Gasteiger partial charge in [0.2, 0.25) is 8.32 Å². The second-order valence-electron chi connectivity index (χ2n) is 12.9. The van der Waals surface area contributed by atoms with Crippen LogP contribution < -0.4 is 9.74 Å². The molecule has 3 atom stereocenters. The minimum absolute atomic E-state index is 0.141. The molecular formula is C32H45NO5Si. The molecule has 1 aliphatic heterocycles. The third-order valence-electron chi connectivity index (χ3n) is 7.36. The van der Waals surface area contributed by atoms with Gasteiger partial charge < -0.3 is 19.2 Å². The molecule has 1 amide bonds. The second-order valence-corrected chi connectivity index (χ2v) is 17.6. The van der Waals surface area contributed by atoms with Gasteiger partial charge in [0, 0.05) is 0 Å². The molecule has 0 aliphatic carbocycles. The van der Waals surface area contributed by atoms with Crippen molar-refractivity contribution >= 4 is 26.5 Å². The van der Waals surface area contributed by atoms with E-state index in [0.29, 0.717) is 19.3 Å². The third kappa shape index (κ3) is 9.27. The van der Waals surface area contributed by atoms with E-state index in [0.717, 1.165) is 16.9 Å². The number of hydrogen-bond acceptors (Lipinski definition) is 5. The second kappa shape index (κ2) is 12.4. The number of allylic oxidation sites excluding steroid dienone is 1. The highest BCUT2D eigenvalue weighted by atomic mass is 28.4. The number of nitrogens with one attached hydrogen (secondary N) is 1. The number of ether oxygens (including phenoxy) is 2. The largest absolute Gasteiger partial charge is 0.544 e. The fraction of sp³-hybridized carbons (Fsp3) is 0.500. The van der Waals surface area contributed by atoms with E-state index in [9.17, 15) is 9.59 Å². The quantitative estimate of drug-likeness (QED) is 0.257. The normalized spacial score (nSPS) is 19.0. The van der Waals surface area contributed by atoms with Crippen molar-refractivity contribution in [3.63, 3.8) is 0 Å². The Morgan fingerprint density at radius 1 is 1.05 bits per heavy atom. The molecule has 0 aromatic heterocycles. The van der Waals surface area contributed by atoms with Gasteiger partial charge in [-0.3, -0.25) is 4.79 Å². The van der Waals surface area contributed by atoms with Crippen LogP contribution in [-0.4, -0.2) is 38.1 Å². The number of esters is 1. The molecule has 7 heteroatoms. The van der Waals surface area contributed by atoms with Gasteiger partial charge in [0.1, 0.15) is 17.5 Å². The summed E-state index contributed by atoms with van der Waals surface area (Å²) in [4.78, 5) is 25.3. The lowest BCUT2D eigenvalue weighted by atomic mass is 9.94. The smallest absolute Gasteiger partial charge is 0.408 e. The molecule has 0 spiro atoms. The molecule has 6 nitrogen and oxygen atoms in total. The monoisotopic (exact) mass is 551 g/mol. The molecule has 0 bridgehead atoms. The molecule has 212 valence electrons. The van der Waals surface area contributed by atoms with Gasteiger partial charge in [0.25, 0.3) is 0 Å². The molecular weight excluding hydrogens is 506 g/mol. The van der Waals surface area contributed by atoms with Crippen LogP contribution in [0.3, 0.4) is 0 Å². The number of carbonyl (C=O) groups excluding carboxylic acids is 2. The highest BCUT2D eigenvalue weighted by Crippen LogP contribution is 2.37. The van der Waals surface area contributed by atoms with Crippen molar-refractivity contribution in [3.8, 4) is 5.75 Å². The average molecular weight is 552 g/mol. The van der Waals surface area contributed by atoms with Crippen LogP contribution in [0, 0.1) is 5.92 Å². The van der Waals surface area contributed by atoms with Crippen LogP contribution in [0.2, 0.25) is 18.1 Å². The Morgan fingerprint density at radius 3 is 2.28 bits per heavy atom. The maximum absolute atomic E-state index is 12.7. The third-order valence-corrected chi connectivity index (χ3v) is 11.7. The summed E-state index contributed by atoms with van der Waals surface area (Å²) in [6, 6.07) is 17.6. The first-order valence-electron chi connectivity index (χ1n) is 13.8. The lowest BCUT2D eigenvalue weighted by Gasteiger charge is -2.36. The van der Waals surface area contributed by atoms with Crippen molar-refractivity contribution in [3.05, 3.63) is 71.8 Å². The molecule has 2 aromatic carbocycles. The van der Waals surface area contributed by atoms with Gasteiger partial charge in [-0.15, -0.1) is 0 Å². The summed E-state index contributed by atoms with van der Waals surface area (Å²) >= 11 is 0. The van der Waals surface area contributed by atoms with E-state index < -0.39 is 26.1 Å². The average Bonchev–Trinajstić information content (AvgIpc) is 3.19. The van der Waals surface area contributed by atoms with E-state index in [1.807, 2.05) is 87.5 Å². The predicted molar refractivity (Wildman–Crippen MR) is 159 cm³/mol. The fourth-order valence-electron chi connectivity index (χ4n) is 4.17. The van der Waals surface area contributed by atoms with E-state index >= 15 is 0 Å². The molecule has 1 heterocycles. The first kappa shape index (κ1) is 30.5. The summed E-state index contributed by atoms with van der Waals surface area (Å²) in [6.45, 7) is 16.6. The van der Waals surface area contributed by atoms with Crippen LogP contribution >= 0.6 is 0 Å². The Bertz CT molecular complexity index is 1130. The molecule has 0 radical (unpaired) electrons. The molecule has 1 N–H and O–H groups in total. The molecule has 1 saturated heterocycles. The van der Waals surface area contributed by atoms with Crippen LogP contribution in [-0.2, 0) is 20.7 Å². The number of hydrogen-bond donors (Lipinski definition) is 1. The van der Waals surface area contributed by atoms with Gasteiger partial charge in [0.05, 0.1) is 12.0 Å². The molecule has 0 unspecified atom stereocenters. The number of alkyl carbamates (subject to hydrolysis) is 1. The SMILES string of the molecule is CC(C)(C)OC(=O)N[C@@H](Cc1ccccc1)[C@@H]1C[C@@H](CC=Cc2ccc(O[Si](C)(C)C(C)(C)C)cc2)C(=O)O1. The molecule has 1 aliphatic rings. The highest BCUT2D eigenvalue weighted by molar-refractivity contribution is 6.74. The summed E-state index contributed by atoms with van der Waals surface area (Å²) < 4.78 is 17.6. The Labute approximate surface area is 235 Å². The Kier molecular flexibility index (Phi) is 9.70. The van der Waals surface area contributed by atoms with E-state index in [1.54, 1.807) is 0 Å². The van der Waals surface area contributed by atoms with E-state index in [1.165, 1.54) is 0 Å². The zero-order valence-electron chi connectivity index (χ0n) is 24.7. The van der Waals surface area contributed by atoms with Crippen molar-refractivity contribution in [1.29, 1.82) is 0 Å². The Balaban J connectivity index is 1.61. The zero-order chi connectivity index (χ0) is 28.8. The molecule has 0 saturated carbocycles. The first-order valence-corrected chi connectivity index (χ1v) is 16.7. The van der Waals surface area contributed by atoms with Crippen LogP contribution in [0.1, 0.15) is 65.5 Å². The molecule has 2 aromatic rings. The van der Waals surface area contributed by atoms with Crippen LogP contribution in [0.4, 0.5) is 4.79 Å². The van der Waals surface area contributed by atoms with Gasteiger partial charge in [0.15, 0.2) is 0 Å². The van der Waals surface area contributed by atoms with Gasteiger partial charge >= 0.3 is 12.1 Å². The number of carbonyl (C=O) groups is 2. The maximum atomic E-state index is 12.7. The van der Waals surface area contributed by atoms with Crippen molar-refractivity contribution in [2.45, 2.75) is 96.7 Å². The first-order chi connectivity index (χ1) is 18.1. The van der Waals surface area contributed by atoms with E-state index in [2.05, 4.69) is 39.2 Å². The van der Waals surface area contributed by atoms with Crippen LogP contribution in [0.5, 0.6) is 5.75 Å².